The number of carbonyl (C=O) groups is 1. The summed E-state index contributed by atoms with van der Waals surface area (Å²) in [7, 11) is 1.43. The first kappa shape index (κ1) is 26.5. The lowest BCUT2D eigenvalue weighted by atomic mass is 9.82. The van der Waals surface area contributed by atoms with Crippen molar-refractivity contribution in [2.75, 3.05) is 12.0 Å². The zero-order valence-electron chi connectivity index (χ0n) is 22.8. The van der Waals surface area contributed by atoms with Crippen LogP contribution in [0.4, 0.5) is 17.1 Å². The zero-order valence-corrected chi connectivity index (χ0v) is 25.2. The number of benzene rings is 4. The highest BCUT2D eigenvalue weighted by Crippen LogP contribution is 2.50. The molecule has 6 rings (SSSR count). The summed E-state index contributed by atoms with van der Waals surface area (Å²) in [5, 5.41) is 0. The van der Waals surface area contributed by atoms with Crippen LogP contribution in [0.3, 0.4) is 0 Å². The van der Waals surface area contributed by atoms with E-state index in [1.54, 1.807) is 11.3 Å². The van der Waals surface area contributed by atoms with Crippen LogP contribution < -0.4 is 4.90 Å². The second-order valence-electron chi connectivity index (χ2n) is 10.6. The van der Waals surface area contributed by atoms with E-state index in [4.69, 9.17) is 4.74 Å². The summed E-state index contributed by atoms with van der Waals surface area (Å²) in [4.78, 5) is 15.2. The molecule has 1 aliphatic rings. The lowest BCUT2D eigenvalue weighted by Gasteiger charge is -2.28. The molecule has 0 atom stereocenters. The number of hydrogen-bond donors (Lipinski definition) is 0. The fraction of sp³-hybridized carbons (Fsp3) is 0.171. The number of aryl methyl sites for hydroxylation is 1. The summed E-state index contributed by atoms with van der Waals surface area (Å²) in [5.74, 6) is -0.190. The topological polar surface area (TPSA) is 29.5 Å². The van der Waals surface area contributed by atoms with Gasteiger partial charge >= 0.3 is 5.97 Å². The Morgan fingerprint density at radius 2 is 1.45 bits per heavy atom. The highest BCUT2D eigenvalue weighted by atomic mass is 79.9. The maximum Gasteiger partial charge on any atom is 0.305 e. The molecule has 40 heavy (non-hydrogen) atoms. The van der Waals surface area contributed by atoms with Gasteiger partial charge in [0.2, 0.25) is 0 Å². The molecule has 5 heteroatoms. The van der Waals surface area contributed by atoms with Gasteiger partial charge < -0.3 is 9.64 Å². The van der Waals surface area contributed by atoms with Crippen molar-refractivity contribution in [1.29, 1.82) is 0 Å². The van der Waals surface area contributed by atoms with Crippen LogP contribution in [0.2, 0.25) is 0 Å². The van der Waals surface area contributed by atoms with Crippen molar-refractivity contribution in [3.63, 3.8) is 0 Å². The third kappa shape index (κ3) is 4.89. The van der Waals surface area contributed by atoms with E-state index in [-0.39, 0.29) is 11.4 Å². The largest absolute Gasteiger partial charge is 0.469 e. The van der Waals surface area contributed by atoms with Gasteiger partial charge in [0.1, 0.15) is 0 Å². The molecule has 0 spiro atoms. The van der Waals surface area contributed by atoms with E-state index < -0.39 is 0 Å². The zero-order chi connectivity index (χ0) is 27.9. The first-order valence-electron chi connectivity index (χ1n) is 13.4. The molecule has 5 aromatic rings. The molecule has 0 bridgehead atoms. The Morgan fingerprint density at radius 1 is 0.800 bits per heavy atom. The number of methoxy groups -OCH3 is 1. The molecule has 0 fully saturated rings. The Kier molecular flexibility index (Phi) is 7.11. The number of fused-ring (bicyclic) bond motifs is 3. The van der Waals surface area contributed by atoms with E-state index in [1.807, 2.05) is 0 Å². The van der Waals surface area contributed by atoms with Gasteiger partial charge in [0, 0.05) is 33.8 Å². The molecular formula is C35H30BrNO2S. The van der Waals surface area contributed by atoms with Crippen molar-refractivity contribution in [2.45, 2.75) is 32.1 Å². The molecule has 0 unspecified atom stereocenters. The summed E-state index contributed by atoms with van der Waals surface area (Å²) < 4.78 is 5.95. The Labute approximate surface area is 248 Å². The fourth-order valence-electron chi connectivity index (χ4n) is 5.68. The number of carbonyl (C=O) groups excluding carboxylic acids is 1. The molecule has 0 aliphatic heterocycles. The molecule has 4 aromatic carbocycles. The number of ether oxygens (including phenoxy) is 1. The maximum atomic E-state index is 11.7. The Hall–Kier alpha value is -3.67. The lowest BCUT2D eigenvalue weighted by molar-refractivity contribution is -0.140. The third-order valence-corrected chi connectivity index (χ3v) is 9.52. The Bertz CT molecular complexity index is 1690. The molecule has 0 radical (unpaired) electrons. The van der Waals surface area contributed by atoms with E-state index in [1.165, 1.54) is 39.8 Å². The average molecular weight is 609 g/mol. The first-order valence-corrected chi connectivity index (χ1v) is 15.0. The fourth-order valence-corrected chi connectivity index (χ4v) is 7.07. The third-order valence-electron chi connectivity index (χ3n) is 7.85. The molecular weight excluding hydrogens is 578 g/mol. The van der Waals surface area contributed by atoms with Gasteiger partial charge in [-0.05, 0) is 104 Å². The van der Waals surface area contributed by atoms with Crippen LogP contribution >= 0.6 is 27.3 Å². The second kappa shape index (κ2) is 10.7. The number of thiophene rings is 1. The van der Waals surface area contributed by atoms with Gasteiger partial charge in [-0.15, -0.1) is 11.3 Å². The molecule has 0 amide bonds. The van der Waals surface area contributed by atoms with Gasteiger partial charge in [-0.2, -0.15) is 0 Å². The minimum absolute atomic E-state index is 0.0816. The van der Waals surface area contributed by atoms with Crippen molar-refractivity contribution < 1.29 is 9.53 Å². The SMILES string of the molecule is COC(=O)CCc1ccc(N(c2ccc(-c3ccc(Br)s3)cc2)c2ccc3c(c2)C(C)(C)c2ccccc2-3)cc1. The van der Waals surface area contributed by atoms with Crippen LogP contribution in [0.5, 0.6) is 0 Å². The summed E-state index contributed by atoms with van der Waals surface area (Å²) in [6.07, 6.45) is 1.03. The molecule has 0 N–H and O–H groups in total. The van der Waals surface area contributed by atoms with Gasteiger partial charge in [-0.1, -0.05) is 68.4 Å². The minimum Gasteiger partial charge on any atom is -0.469 e. The highest BCUT2D eigenvalue weighted by Gasteiger charge is 2.35. The molecule has 1 aliphatic carbocycles. The van der Waals surface area contributed by atoms with E-state index in [0.29, 0.717) is 12.8 Å². The van der Waals surface area contributed by atoms with E-state index in [0.717, 1.165) is 26.4 Å². The van der Waals surface area contributed by atoms with Crippen LogP contribution in [0, 0.1) is 0 Å². The Morgan fingerprint density at radius 3 is 2.12 bits per heavy atom. The van der Waals surface area contributed by atoms with Gasteiger partial charge in [0.05, 0.1) is 10.9 Å². The highest BCUT2D eigenvalue weighted by molar-refractivity contribution is 9.11. The van der Waals surface area contributed by atoms with Crippen molar-refractivity contribution >= 4 is 50.3 Å². The van der Waals surface area contributed by atoms with Gasteiger partial charge in [0.25, 0.3) is 0 Å². The summed E-state index contributed by atoms with van der Waals surface area (Å²) in [6, 6.07) is 37.1. The number of nitrogens with zero attached hydrogens (tertiary/aromatic N) is 1. The standard InChI is InChI=1S/C35H30BrNO2S/c1-35(2)30-7-5-4-6-28(30)29-18-17-27(22-31(29)35)37(25-13-8-23(9-14-25)10-21-34(38)39-3)26-15-11-24(12-16-26)32-19-20-33(36)40-32/h4-9,11-20,22H,10,21H2,1-3H3. The molecule has 200 valence electrons. The van der Waals surface area contributed by atoms with Crippen LogP contribution in [0.1, 0.15) is 37.0 Å². The summed E-state index contributed by atoms with van der Waals surface area (Å²) >= 11 is 5.32. The predicted octanol–water partition coefficient (Wildman–Crippen LogP) is 10.1. The van der Waals surface area contributed by atoms with E-state index in [2.05, 4.69) is 138 Å². The summed E-state index contributed by atoms with van der Waals surface area (Å²) in [6.45, 7) is 4.63. The van der Waals surface area contributed by atoms with Crippen molar-refractivity contribution in [3.05, 3.63) is 124 Å². The van der Waals surface area contributed by atoms with Crippen molar-refractivity contribution in [3.8, 4) is 21.6 Å². The molecule has 0 saturated carbocycles. The predicted molar refractivity (Wildman–Crippen MR) is 170 cm³/mol. The number of rotatable bonds is 7. The quantitative estimate of drug-likeness (QED) is 0.172. The smallest absolute Gasteiger partial charge is 0.305 e. The van der Waals surface area contributed by atoms with E-state index in [9.17, 15) is 4.79 Å². The van der Waals surface area contributed by atoms with Gasteiger partial charge in [-0.3, -0.25) is 4.79 Å². The van der Waals surface area contributed by atoms with Crippen LogP contribution in [-0.4, -0.2) is 13.1 Å². The van der Waals surface area contributed by atoms with Crippen molar-refractivity contribution in [2.24, 2.45) is 0 Å². The van der Waals surface area contributed by atoms with Gasteiger partial charge in [0.15, 0.2) is 0 Å². The molecule has 1 heterocycles. The van der Waals surface area contributed by atoms with Crippen LogP contribution in [0.25, 0.3) is 21.6 Å². The molecule has 0 saturated heterocycles. The molecule has 1 aromatic heterocycles. The lowest BCUT2D eigenvalue weighted by Crippen LogP contribution is -2.16. The molecule has 3 nitrogen and oxygen atoms in total. The first-order chi connectivity index (χ1) is 19.3. The van der Waals surface area contributed by atoms with Gasteiger partial charge in [-0.25, -0.2) is 0 Å². The summed E-state index contributed by atoms with van der Waals surface area (Å²) in [5.41, 5.74) is 10.8. The minimum atomic E-state index is -0.190. The second-order valence-corrected chi connectivity index (χ2v) is 13.1. The van der Waals surface area contributed by atoms with Crippen molar-refractivity contribution in [1.82, 2.24) is 0 Å². The Balaban J connectivity index is 1.41. The average Bonchev–Trinajstić information content (AvgIpc) is 3.51. The maximum absolute atomic E-state index is 11.7. The number of halogens is 1. The van der Waals surface area contributed by atoms with Crippen LogP contribution in [-0.2, 0) is 21.4 Å². The number of hydrogen-bond acceptors (Lipinski definition) is 4. The number of esters is 1. The van der Waals surface area contributed by atoms with E-state index >= 15 is 0 Å². The number of anilines is 3. The monoisotopic (exact) mass is 607 g/mol. The van der Waals surface area contributed by atoms with Crippen LogP contribution in [0.15, 0.2) is 107 Å². The normalized spacial score (nSPS) is 13.0.